The SMILES string of the molecule is c1ccc(-n2c3ccccc3c3cc(-c4cccc(N(c5ccc(-c6ccc7oc8ccccc8c7c6)cc5)c5ccc(-n6c7ccccc7c7ccccc76)cc5)c4)ccc32)cc1. The fourth-order valence-electron chi connectivity index (χ4n) is 9.94. The average Bonchev–Trinajstić information content (AvgIpc) is 4.02. The topological polar surface area (TPSA) is 26.2 Å². The molecule has 0 radical (unpaired) electrons. The highest BCUT2D eigenvalue weighted by Gasteiger charge is 2.18. The highest BCUT2D eigenvalue weighted by atomic mass is 16.3. The van der Waals surface area contributed by atoms with E-state index in [0.717, 1.165) is 67.1 Å². The van der Waals surface area contributed by atoms with Crippen LogP contribution in [0.25, 0.3) is 99.2 Å². The Morgan fingerprint density at radius 3 is 1.42 bits per heavy atom. The first-order chi connectivity index (χ1) is 31.7. The third-order valence-electron chi connectivity index (χ3n) is 12.9. The maximum Gasteiger partial charge on any atom is 0.135 e. The Labute approximate surface area is 369 Å². The first-order valence-electron chi connectivity index (χ1n) is 21.8. The first-order valence-corrected chi connectivity index (χ1v) is 21.8. The lowest BCUT2D eigenvalue weighted by atomic mass is 10.0. The van der Waals surface area contributed by atoms with Crippen molar-refractivity contribution in [1.29, 1.82) is 0 Å². The Morgan fingerprint density at radius 2 is 0.734 bits per heavy atom. The van der Waals surface area contributed by atoms with E-state index in [1.807, 2.05) is 12.1 Å². The van der Waals surface area contributed by atoms with Gasteiger partial charge in [0.2, 0.25) is 0 Å². The van der Waals surface area contributed by atoms with E-state index in [4.69, 9.17) is 4.42 Å². The minimum absolute atomic E-state index is 0.901. The third kappa shape index (κ3) is 5.77. The molecule has 4 nitrogen and oxygen atoms in total. The Hall–Kier alpha value is -8.60. The van der Waals surface area contributed by atoms with E-state index < -0.39 is 0 Å². The van der Waals surface area contributed by atoms with Crippen LogP contribution >= 0.6 is 0 Å². The van der Waals surface area contributed by atoms with E-state index in [1.165, 1.54) is 49.2 Å². The maximum absolute atomic E-state index is 6.16. The van der Waals surface area contributed by atoms with Crippen molar-refractivity contribution in [2.75, 3.05) is 4.90 Å². The predicted octanol–water partition coefficient (Wildman–Crippen LogP) is 16.6. The number of furan rings is 1. The molecule has 0 amide bonds. The quantitative estimate of drug-likeness (QED) is 0.160. The standard InChI is InChI=1S/C60H39N3O/c1-2-14-44(15-3-1)62-57-23-10-6-19-51(57)53-38-43(27-35-58(53)62)41-13-12-16-48(37-41)61(45-29-25-40(26-30-45)42-28-36-60-54(39-42)52-20-7-11-24-59(52)64-60)46-31-33-47(34-32-46)63-55-21-8-4-17-49(55)50-18-5-9-22-56(50)63/h1-39H. The minimum Gasteiger partial charge on any atom is -0.456 e. The fourth-order valence-corrected chi connectivity index (χ4v) is 9.94. The number of hydrogen-bond acceptors (Lipinski definition) is 2. The van der Waals surface area contributed by atoms with Crippen molar-refractivity contribution in [2.24, 2.45) is 0 Å². The molecule has 0 bridgehead atoms. The monoisotopic (exact) mass is 817 g/mol. The first kappa shape index (κ1) is 36.1. The molecule has 10 aromatic carbocycles. The molecule has 13 aromatic rings. The molecule has 0 spiro atoms. The lowest BCUT2D eigenvalue weighted by molar-refractivity contribution is 0.669. The largest absolute Gasteiger partial charge is 0.456 e. The van der Waals surface area contributed by atoms with Crippen molar-refractivity contribution in [3.63, 3.8) is 0 Å². The Bertz CT molecular complexity index is 3840. The van der Waals surface area contributed by atoms with Crippen LogP contribution in [0, 0.1) is 0 Å². The van der Waals surface area contributed by atoms with Gasteiger partial charge in [-0.1, -0.05) is 127 Å². The molecule has 0 saturated carbocycles. The van der Waals surface area contributed by atoms with Gasteiger partial charge in [-0.25, -0.2) is 0 Å². The van der Waals surface area contributed by atoms with Crippen LogP contribution in [0.5, 0.6) is 0 Å². The molecule has 0 unspecified atom stereocenters. The zero-order valence-electron chi connectivity index (χ0n) is 34.8. The van der Waals surface area contributed by atoms with Crippen molar-refractivity contribution >= 4 is 82.6 Å². The van der Waals surface area contributed by atoms with E-state index in [-0.39, 0.29) is 0 Å². The lowest BCUT2D eigenvalue weighted by Gasteiger charge is -2.26. The summed E-state index contributed by atoms with van der Waals surface area (Å²) in [7, 11) is 0. The molecule has 4 heteroatoms. The number of fused-ring (bicyclic) bond motifs is 9. The second-order valence-corrected chi connectivity index (χ2v) is 16.5. The van der Waals surface area contributed by atoms with Gasteiger partial charge in [-0.2, -0.15) is 0 Å². The fraction of sp³-hybridized carbons (Fsp3) is 0. The second kappa shape index (κ2) is 14.5. The number of para-hydroxylation sites is 5. The summed E-state index contributed by atoms with van der Waals surface area (Å²) in [5.74, 6) is 0. The summed E-state index contributed by atoms with van der Waals surface area (Å²) in [6, 6.07) is 85.3. The van der Waals surface area contributed by atoms with Crippen LogP contribution in [0.2, 0.25) is 0 Å². The Morgan fingerprint density at radius 1 is 0.266 bits per heavy atom. The van der Waals surface area contributed by atoms with Gasteiger partial charge in [0, 0.05) is 60.8 Å². The molecular weight excluding hydrogens is 779 g/mol. The second-order valence-electron chi connectivity index (χ2n) is 16.5. The smallest absolute Gasteiger partial charge is 0.135 e. The van der Waals surface area contributed by atoms with Gasteiger partial charge in [-0.3, -0.25) is 0 Å². The Kier molecular flexibility index (Phi) is 8.18. The Balaban J connectivity index is 0.932. The van der Waals surface area contributed by atoms with Crippen LogP contribution in [0.15, 0.2) is 241 Å². The number of aromatic nitrogens is 2. The minimum atomic E-state index is 0.901. The molecule has 13 rings (SSSR count). The molecule has 3 heterocycles. The molecule has 64 heavy (non-hydrogen) atoms. The van der Waals surface area contributed by atoms with Gasteiger partial charge in [-0.05, 0) is 131 Å². The normalized spacial score (nSPS) is 11.8. The molecule has 0 N–H and O–H groups in total. The zero-order valence-corrected chi connectivity index (χ0v) is 34.8. The molecule has 0 aliphatic rings. The van der Waals surface area contributed by atoms with E-state index in [9.17, 15) is 0 Å². The predicted molar refractivity (Wildman–Crippen MR) is 268 cm³/mol. The van der Waals surface area contributed by atoms with Gasteiger partial charge >= 0.3 is 0 Å². The van der Waals surface area contributed by atoms with Crippen molar-refractivity contribution < 1.29 is 4.42 Å². The van der Waals surface area contributed by atoms with Gasteiger partial charge in [0.1, 0.15) is 11.2 Å². The van der Waals surface area contributed by atoms with E-state index in [1.54, 1.807) is 0 Å². The summed E-state index contributed by atoms with van der Waals surface area (Å²) < 4.78 is 10.9. The van der Waals surface area contributed by atoms with E-state index in [0.29, 0.717) is 0 Å². The van der Waals surface area contributed by atoms with Crippen LogP contribution in [0.3, 0.4) is 0 Å². The molecule has 0 atom stereocenters. The van der Waals surface area contributed by atoms with Crippen molar-refractivity contribution in [3.8, 4) is 33.6 Å². The van der Waals surface area contributed by atoms with E-state index >= 15 is 0 Å². The molecule has 3 aromatic heterocycles. The summed E-state index contributed by atoms with van der Waals surface area (Å²) in [4.78, 5) is 2.37. The number of anilines is 3. The van der Waals surface area contributed by atoms with Crippen LogP contribution in [-0.2, 0) is 0 Å². The molecule has 0 aliphatic heterocycles. The van der Waals surface area contributed by atoms with Crippen LogP contribution in [-0.4, -0.2) is 9.13 Å². The van der Waals surface area contributed by atoms with E-state index in [2.05, 4.69) is 238 Å². The van der Waals surface area contributed by atoms with Crippen LogP contribution in [0.1, 0.15) is 0 Å². The third-order valence-corrected chi connectivity index (χ3v) is 12.9. The molecule has 0 aliphatic carbocycles. The average molecular weight is 818 g/mol. The molecular formula is C60H39N3O. The van der Waals surface area contributed by atoms with Crippen molar-refractivity contribution in [2.45, 2.75) is 0 Å². The summed E-state index contributed by atoms with van der Waals surface area (Å²) in [5.41, 5.74) is 16.7. The number of benzene rings is 10. The highest BCUT2D eigenvalue weighted by molar-refractivity contribution is 6.11. The van der Waals surface area contributed by atoms with Crippen LogP contribution < -0.4 is 4.90 Å². The zero-order chi connectivity index (χ0) is 42.1. The van der Waals surface area contributed by atoms with Crippen LogP contribution in [0.4, 0.5) is 17.1 Å². The van der Waals surface area contributed by atoms with Gasteiger partial charge in [-0.15, -0.1) is 0 Å². The molecule has 300 valence electrons. The number of rotatable bonds is 7. The lowest BCUT2D eigenvalue weighted by Crippen LogP contribution is -2.10. The summed E-state index contributed by atoms with van der Waals surface area (Å²) in [5, 5.41) is 7.24. The maximum atomic E-state index is 6.16. The van der Waals surface area contributed by atoms with Crippen molar-refractivity contribution in [1.82, 2.24) is 9.13 Å². The number of nitrogens with zero attached hydrogens (tertiary/aromatic N) is 3. The van der Waals surface area contributed by atoms with Gasteiger partial charge in [0.25, 0.3) is 0 Å². The molecule has 0 fully saturated rings. The number of hydrogen-bond donors (Lipinski definition) is 0. The van der Waals surface area contributed by atoms with Gasteiger partial charge in [0.05, 0.1) is 22.1 Å². The summed E-state index contributed by atoms with van der Waals surface area (Å²) in [6.07, 6.45) is 0. The summed E-state index contributed by atoms with van der Waals surface area (Å²) >= 11 is 0. The van der Waals surface area contributed by atoms with Crippen molar-refractivity contribution in [3.05, 3.63) is 237 Å². The van der Waals surface area contributed by atoms with Gasteiger partial charge < -0.3 is 18.5 Å². The highest BCUT2D eigenvalue weighted by Crippen LogP contribution is 2.41. The van der Waals surface area contributed by atoms with Gasteiger partial charge in [0.15, 0.2) is 0 Å². The summed E-state index contributed by atoms with van der Waals surface area (Å²) in [6.45, 7) is 0. The molecule has 0 saturated heterocycles.